The molecule has 3 nitrogen and oxygen atoms in total. The van der Waals surface area contributed by atoms with Gasteiger partial charge in [0.25, 0.3) is 0 Å². The number of carbonyl (C=O) groups is 1. The smallest absolute Gasteiger partial charge is 0.148 e. The van der Waals surface area contributed by atoms with Gasteiger partial charge in [-0.25, -0.2) is 0 Å². The molecule has 0 saturated carbocycles. The molecule has 0 bridgehead atoms. The average molecular weight is 217 g/mol. The summed E-state index contributed by atoms with van der Waals surface area (Å²) in [5.74, 6) is 3.10. The lowest BCUT2D eigenvalue weighted by molar-refractivity contribution is -0.118. The third kappa shape index (κ3) is 3.76. The largest absolute Gasteiger partial charge is 0.481 e. The molecule has 0 aliphatic carbocycles. The van der Waals surface area contributed by atoms with Gasteiger partial charge < -0.3 is 10.5 Å². The van der Waals surface area contributed by atoms with Crippen molar-refractivity contribution in [2.45, 2.75) is 19.4 Å². The van der Waals surface area contributed by atoms with E-state index in [4.69, 9.17) is 16.9 Å². The van der Waals surface area contributed by atoms with Crippen LogP contribution in [0.5, 0.6) is 5.75 Å². The Morgan fingerprint density at radius 1 is 1.50 bits per heavy atom. The number of ketones is 1. The van der Waals surface area contributed by atoms with Crippen molar-refractivity contribution in [1.82, 2.24) is 0 Å². The molecule has 16 heavy (non-hydrogen) atoms. The van der Waals surface area contributed by atoms with Crippen LogP contribution in [0.3, 0.4) is 0 Å². The van der Waals surface area contributed by atoms with Gasteiger partial charge >= 0.3 is 0 Å². The fourth-order valence-electron chi connectivity index (χ4n) is 1.24. The molecular formula is C13H15NO2. The number of hydrogen-bond donors (Lipinski definition) is 1. The average Bonchev–Trinajstić information content (AvgIpc) is 2.28. The van der Waals surface area contributed by atoms with E-state index in [9.17, 15) is 4.79 Å². The molecule has 0 radical (unpaired) electrons. The number of ether oxygens (including phenoxy) is 1. The van der Waals surface area contributed by atoms with Gasteiger partial charge in [0.15, 0.2) is 0 Å². The van der Waals surface area contributed by atoms with Crippen LogP contribution in [-0.4, -0.2) is 18.4 Å². The van der Waals surface area contributed by atoms with E-state index >= 15 is 0 Å². The highest BCUT2D eigenvalue weighted by molar-refractivity contribution is 5.81. The number of terminal acetylenes is 1. The SMILES string of the molecule is C#CCOc1ccc(C[C@H](N)C(C)=O)cc1. The second-order valence-electron chi connectivity index (χ2n) is 3.56. The van der Waals surface area contributed by atoms with E-state index in [0.29, 0.717) is 6.42 Å². The van der Waals surface area contributed by atoms with Crippen molar-refractivity contribution in [3.8, 4) is 18.1 Å². The zero-order chi connectivity index (χ0) is 12.0. The maximum absolute atomic E-state index is 11.0. The predicted octanol–water partition coefficient (Wildman–Crippen LogP) is 1.16. The van der Waals surface area contributed by atoms with Crippen LogP contribution in [-0.2, 0) is 11.2 Å². The van der Waals surface area contributed by atoms with Gasteiger partial charge in [-0.2, -0.15) is 0 Å². The fourth-order valence-corrected chi connectivity index (χ4v) is 1.24. The Bertz CT molecular complexity index is 389. The molecule has 0 saturated heterocycles. The Labute approximate surface area is 95.6 Å². The van der Waals surface area contributed by atoms with Crippen LogP contribution in [0.1, 0.15) is 12.5 Å². The first-order valence-electron chi connectivity index (χ1n) is 5.04. The van der Waals surface area contributed by atoms with E-state index in [2.05, 4.69) is 5.92 Å². The van der Waals surface area contributed by atoms with Crippen molar-refractivity contribution in [3.63, 3.8) is 0 Å². The molecule has 0 aliphatic heterocycles. The summed E-state index contributed by atoms with van der Waals surface area (Å²) in [6.07, 6.45) is 5.62. The van der Waals surface area contributed by atoms with Gasteiger partial charge in [0.05, 0.1) is 6.04 Å². The molecule has 1 aromatic carbocycles. The maximum atomic E-state index is 11.0. The minimum absolute atomic E-state index is 0.00680. The molecule has 0 spiro atoms. The molecular weight excluding hydrogens is 202 g/mol. The number of carbonyl (C=O) groups excluding carboxylic acids is 1. The molecule has 0 aliphatic rings. The first kappa shape index (κ1) is 12.3. The summed E-state index contributed by atoms with van der Waals surface area (Å²) in [5, 5.41) is 0. The third-order valence-electron chi connectivity index (χ3n) is 2.22. The van der Waals surface area contributed by atoms with Gasteiger partial charge in [-0.05, 0) is 31.0 Å². The highest BCUT2D eigenvalue weighted by atomic mass is 16.5. The van der Waals surface area contributed by atoms with E-state index in [0.717, 1.165) is 11.3 Å². The lowest BCUT2D eigenvalue weighted by atomic mass is 10.0. The van der Waals surface area contributed by atoms with Crippen LogP contribution < -0.4 is 10.5 Å². The van der Waals surface area contributed by atoms with Crippen molar-refractivity contribution in [3.05, 3.63) is 29.8 Å². The van der Waals surface area contributed by atoms with E-state index < -0.39 is 6.04 Å². The summed E-state index contributed by atoms with van der Waals surface area (Å²) >= 11 is 0. The standard InChI is InChI=1S/C13H15NO2/c1-3-8-16-12-6-4-11(5-7-12)9-13(14)10(2)15/h1,4-7,13H,8-9,14H2,2H3/t13-/m0/s1. The van der Waals surface area contributed by atoms with Gasteiger partial charge in [-0.1, -0.05) is 18.1 Å². The van der Waals surface area contributed by atoms with Gasteiger partial charge in [0.2, 0.25) is 0 Å². The van der Waals surface area contributed by atoms with E-state index in [1.807, 2.05) is 24.3 Å². The maximum Gasteiger partial charge on any atom is 0.148 e. The summed E-state index contributed by atoms with van der Waals surface area (Å²) in [6.45, 7) is 1.75. The molecule has 84 valence electrons. The highest BCUT2D eigenvalue weighted by Gasteiger charge is 2.08. The molecule has 1 rings (SSSR count). The van der Waals surface area contributed by atoms with Crippen LogP contribution in [0.25, 0.3) is 0 Å². The molecule has 2 N–H and O–H groups in total. The van der Waals surface area contributed by atoms with Gasteiger partial charge in [-0.3, -0.25) is 4.79 Å². The van der Waals surface area contributed by atoms with Crippen LogP contribution in [0.2, 0.25) is 0 Å². The summed E-state index contributed by atoms with van der Waals surface area (Å²) in [6, 6.07) is 6.97. The van der Waals surface area contributed by atoms with Crippen LogP contribution in [0.4, 0.5) is 0 Å². The van der Waals surface area contributed by atoms with E-state index in [-0.39, 0.29) is 12.4 Å². The van der Waals surface area contributed by atoms with Crippen LogP contribution >= 0.6 is 0 Å². The van der Waals surface area contributed by atoms with Crippen molar-refractivity contribution in [2.75, 3.05) is 6.61 Å². The van der Waals surface area contributed by atoms with Crippen molar-refractivity contribution in [1.29, 1.82) is 0 Å². The lowest BCUT2D eigenvalue weighted by Crippen LogP contribution is -2.30. The predicted molar refractivity (Wildman–Crippen MR) is 63.1 cm³/mol. The van der Waals surface area contributed by atoms with Gasteiger partial charge in [0.1, 0.15) is 18.1 Å². The van der Waals surface area contributed by atoms with Crippen molar-refractivity contribution < 1.29 is 9.53 Å². The highest BCUT2D eigenvalue weighted by Crippen LogP contribution is 2.13. The molecule has 1 atom stereocenters. The number of hydrogen-bond acceptors (Lipinski definition) is 3. The molecule has 0 heterocycles. The lowest BCUT2D eigenvalue weighted by Gasteiger charge is -2.08. The first-order chi connectivity index (χ1) is 7.63. The number of Topliss-reactive ketones (excluding diaryl/α,β-unsaturated/α-hetero) is 1. The summed E-state index contributed by atoms with van der Waals surface area (Å²) < 4.78 is 5.23. The molecule has 3 heteroatoms. The minimum atomic E-state index is -0.433. The third-order valence-corrected chi connectivity index (χ3v) is 2.22. The molecule has 0 amide bonds. The van der Waals surface area contributed by atoms with Crippen molar-refractivity contribution >= 4 is 5.78 Å². The summed E-state index contributed by atoms with van der Waals surface area (Å²) in [5.41, 5.74) is 6.67. The second kappa shape index (κ2) is 5.94. The van der Waals surface area contributed by atoms with Gasteiger partial charge in [0, 0.05) is 0 Å². The summed E-state index contributed by atoms with van der Waals surface area (Å²) in [4.78, 5) is 11.0. The van der Waals surface area contributed by atoms with Gasteiger partial charge in [-0.15, -0.1) is 6.42 Å². The second-order valence-corrected chi connectivity index (χ2v) is 3.56. The molecule has 1 aromatic rings. The Hall–Kier alpha value is -1.79. The zero-order valence-electron chi connectivity index (χ0n) is 9.27. The van der Waals surface area contributed by atoms with Crippen molar-refractivity contribution in [2.24, 2.45) is 5.73 Å². The Morgan fingerprint density at radius 2 is 2.12 bits per heavy atom. The Kier molecular flexibility index (Phi) is 4.56. The van der Waals surface area contributed by atoms with Crippen LogP contribution in [0.15, 0.2) is 24.3 Å². The monoisotopic (exact) mass is 217 g/mol. The fraction of sp³-hybridized carbons (Fsp3) is 0.308. The van der Waals surface area contributed by atoms with E-state index in [1.54, 1.807) is 0 Å². The number of nitrogens with two attached hydrogens (primary N) is 1. The minimum Gasteiger partial charge on any atom is -0.481 e. The molecule has 0 aromatic heterocycles. The van der Waals surface area contributed by atoms with E-state index in [1.165, 1.54) is 6.92 Å². The number of benzene rings is 1. The molecule has 0 fully saturated rings. The normalized spacial score (nSPS) is 11.6. The van der Waals surface area contributed by atoms with Crippen LogP contribution in [0, 0.1) is 12.3 Å². The topological polar surface area (TPSA) is 52.3 Å². The zero-order valence-corrected chi connectivity index (χ0v) is 9.27. The Morgan fingerprint density at radius 3 is 2.62 bits per heavy atom. The first-order valence-corrected chi connectivity index (χ1v) is 5.04. The Balaban J connectivity index is 2.58. The quantitative estimate of drug-likeness (QED) is 0.753. The number of rotatable bonds is 5. The molecule has 0 unspecified atom stereocenters. The summed E-state index contributed by atoms with van der Waals surface area (Å²) in [7, 11) is 0.